The molecule has 0 saturated carbocycles. The zero-order valence-electron chi connectivity index (χ0n) is 17.2. The summed E-state index contributed by atoms with van der Waals surface area (Å²) < 4.78 is 62.8. The molecule has 0 aliphatic heterocycles. The number of nitrogens with one attached hydrogen (secondary N) is 1. The average Bonchev–Trinajstić information content (AvgIpc) is 3.34. The minimum absolute atomic E-state index is 0.208. The molecule has 3 rings (SSSR count). The first kappa shape index (κ1) is 24.1. The topological polar surface area (TPSA) is 102 Å². The number of carbonyl (C=O) groups is 2. The van der Waals surface area contributed by atoms with Crippen molar-refractivity contribution in [1.82, 2.24) is 0 Å². The van der Waals surface area contributed by atoms with Gasteiger partial charge in [-0.1, -0.05) is 6.07 Å². The van der Waals surface area contributed by atoms with Crippen molar-refractivity contribution >= 4 is 44.6 Å². The van der Waals surface area contributed by atoms with E-state index in [1.165, 1.54) is 37.4 Å². The number of ether oxygens (including phenoxy) is 2. The van der Waals surface area contributed by atoms with Crippen LogP contribution in [0, 0.1) is 11.6 Å². The van der Waals surface area contributed by atoms with Crippen molar-refractivity contribution in [3.8, 4) is 5.75 Å². The van der Waals surface area contributed by atoms with E-state index >= 15 is 0 Å². The fourth-order valence-electron chi connectivity index (χ4n) is 2.54. The lowest BCUT2D eigenvalue weighted by molar-refractivity contribution is -0.149. The van der Waals surface area contributed by atoms with Crippen LogP contribution in [0.3, 0.4) is 0 Å². The van der Waals surface area contributed by atoms with Gasteiger partial charge in [-0.05, 0) is 47.8 Å². The maximum Gasteiger partial charge on any atom is 0.344 e. The molecule has 2 aromatic carbocycles. The van der Waals surface area contributed by atoms with E-state index in [4.69, 9.17) is 9.47 Å². The van der Waals surface area contributed by atoms with Gasteiger partial charge in [-0.2, -0.15) is 0 Å². The minimum atomic E-state index is -3.67. The van der Waals surface area contributed by atoms with Crippen LogP contribution in [0.25, 0.3) is 0 Å². The molecule has 12 heteroatoms. The number of esters is 1. The summed E-state index contributed by atoms with van der Waals surface area (Å²) >= 11 is 1.11. The highest BCUT2D eigenvalue weighted by molar-refractivity contribution is 7.94. The fraction of sp³-hybridized carbons (Fsp3) is 0.143. The van der Waals surface area contributed by atoms with Crippen LogP contribution >= 0.6 is 11.3 Å². The number of hydrogen-bond acceptors (Lipinski definition) is 7. The molecular weight excluding hydrogens is 478 g/mol. The average molecular weight is 497 g/mol. The van der Waals surface area contributed by atoms with Gasteiger partial charge >= 0.3 is 5.97 Å². The van der Waals surface area contributed by atoms with Crippen LogP contribution in [0.4, 0.5) is 20.2 Å². The Kier molecular flexibility index (Phi) is 7.61. The van der Waals surface area contributed by atoms with Crippen molar-refractivity contribution in [2.75, 3.05) is 29.9 Å². The highest BCUT2D eigenvalue weighted by atomic mass is 32.2. The summed E-state index contributed by atoms with van der Waals surface area (Å²) in [6, 6.07) is 11.8. The lowest BCUT2D eigenvalue weighted by atomic mass is 10.3. The Labute approximate surface area is 192 Å². The highest BCUT2D eigenvalue weighted by Gasteiger charge is 2.22. The van der Waals surface area contributed by atoms with Crippen LogP contribution in [0.5, 0.6) is 5.75 Å². The lowest BCUT2D eigenvalue weighted by Gasteiger charge is -2.18. The number of benzene rings is 2. The smallest absolute Gasteiger partial charge is 0.344 e. The molecule has 0 unspecified atom stereocenters. The first-order valence-electron chi connectivity index (χ1n) is 9.32. The third kappa shape index (κ3) is 6.26. The molecule has 0 aliphatic rings. The van der Waals surface area contributed by atoms with E-state index in [1.54, 1.807) is 11.4 Å². The number of sulfonamides is 1. The zero-order valence-corrected chi connectivity index (χ0v) is 18.8. The molecule has 0 bridgehead atoms. The van der Waals surface area contributed by atoms with Gasteiger partial charge in [0, 0.05) is 13.1 Å². The van der Waals surface area contributed by atoms with Crippen LogP contribution in [0.15, 0.2) is 64.2 Å². The largest absolute Gasteiger partial charge is 0.482 e. The summed E-state index contributed by atoms with van der Waals surface area (Å²) in [6.07, 6.45) is 0. The molecule has 1 amide bonds. The number of rotatable bonds is 9. The molecule has 1 heterocycles. The summed E-state index contributed by atoms with van der Waals surface area (Å²) in [5, 5.41) is 3.82. The third-order valence-corrected chi connectivity index (χ3v) is 7.39. The standard InChI is InChI=1S/C21H18F2N2O6S2/c1-25(33(28,29)21-3-2-10-32-21)15-5-7-16(8-6-15)30-13-20(27)31-12-19(26)24-18-9-4-14(22)11-17(18)23/h2-11H,12-13H2,1H3,(H,24,26). The fourth-order valence-corrected chi connectivity index (χ4v) is 4.90. The normalized spacial score (nSPS) is 11.0. The van der Waals surface area contributed by atoms with Crippen LogP contribution in [0.2, 0.25) is 0 Å². The Morgan fingerprint density at radius 2 is 1.79 bits per heavy atom. The van der Waals surface area contributed by atoms with Crippen molar-refractivity contribution in [3.05, 3.63) is 71.6 Å². The van der Waals surface area contributed by atoms with Crippen LogP contribution in [-0.2, 0) is 24.3 Å². The SMILES string of the molecule is CN(c1ccc(OCC(=O)OCC(=O)Nc2ccc(F)cc2F)cc1)S(=O)(=O)c1cccs1. The van der Waals surface area contributed by atoms with E-state index < -0.39 is 46.7 Å². The van der Waals surface area contributed by atoms with E-state index in [-0.39, 0.29) is 15.6 Å². The molecule has 33 heavy (non-hydrogen) atoms. The molecule has 0 radical (unpaired) electrons. The first-order chi connectivity index (χ1) is 15.7. The Bertz CT molecular complexity index is 1230. The van der Waals surface area contributed by atoms with Gasteiger partial charge in [0.25, 0.3) is 15.9 Å². The number of hydrogen-bond donors (Lipinski definition) is 1. The zero-order chi connectivity index (χ0) is 24.0. The summed E-state index contributed by atoms with van der Waals surface area (Å²) in [4.78, 5) is 23.5. The molecule has 1 N–H and O–H groups in total. The number of thiophene rings is 1. The van der Waals surface area contributed by atoms with E-state index in [0.717, 1.165) is 27.8 Å². The molecule has 0 spiro atoms. The summed E-state index contributed by atoms with van der Waals surface area (Å²) in [5.74, 6) is -3.15. The second-order valence-electron chi connectivity index (χ2n) is 6.52. The maximum absolute atomic E-state index is 13.5. The molecular formula is C21H18F2N2O6S2. The quantitative estimate of drug-likeness (QED) is 0.456. The summed E-state index contributed by atoms with van der Waals surface area (Å²) in [7, 11) is -2.25. The van der Waals surface area contributed by atoms with Gasteiger partial charge in [0.2, 0.25) is 0 Å². The molecule has 1 aromatic heterocycles. The van der Waals surface area contributed by atoms with Crippen molar-refractivity contribution in [3.63, 3.8) is 0 Å². The molecule has 8 nitrogen and oxygen atoms in total. The van der Waals surface area contributed by atoms with Gasteiger partial charge in [0.15, 0.2) is 13.2 Å². The van der Waals surface area contributed by atoms with E-state index in [2.05, 4.69) is 5.32 Å². The second kappa shape index (κ2) is 10.4. The van der Waals surface area contributed by atoms with Crippen molar-refractivity contribution < 1.29 is 36.3 Å². The molecule has 0 atom stereocenters. The van der Waals surface area contributed by atoms with Gasteiger partial charge in [-0.3, -0.25) is 9.10 Å². The van der Waals surface area contributed by atoms with Crippen molar-refractivity contribution in [2.45, 2.75) is 4.21 Å². The van der Waals surface area contributed by atoms with Crippen molar-refractivity contribution in [2.24, 2.45) is 0 Å². The molecule has 0 aliphatic carbocycles. The second-order valence-corrected chi connectivity index (χ2v) is 9.66. The Hall–Kier alpha value is -3.51. The minimum Gasteiger partial charge on any atom is -0.482 e. The number of carbonyl (C=O) groups excluding carboxylic acids is 2. The van der Waals surface area contributed by atoms with Gasteiger partial charge < -0.3 is 14.8 Å². The van der Waals surface area contributed by atoms with Gasteiger partial charge in [0.1, 0.15) is 21.6 Å². The lowest BCUT2D eigenvalue weighted by Crippen LogP contribution is -2.25. The molecule has 174 valence electrons. The molecule has 3 aromatic rings. The van der Waals surface area contributed by atoms with Crippen LogP contribution < -0.4 is 14.4 Å². The Morgan fingerprint density at radius 1 is 1.06 bits per heavy atom. The Morgan fingerprint density at radius 3 is 2.42 bits per heavy atom. The van der Waals surface area contributed by atoms with Crippen LogP contribution in [-0.4, -0.2) is 40.6 Å². The summed E-state index contributed by atoms with van der Waals surface area (Å²) in [5.41, 5.74) is 0.142. The molecule has 0 saturated heterocycles. The van der Waals surface area contributed by atoms with Gasteiger partial charge in [-0.25, -0.2) is 22.0 Å². The first-order valence-corrected chi connectivity index (χ1v) is 11.6. The monoisotopic (exact) mass is 496 g/mol. The third-order valence-electron chi connectivity index (χ3n) is 4.24. The molecule has 0 fully saturated rings. The Balaban J connectivity index is 1.47. The number of anilines is 2. The number of halogens is 2. The predicted molar refractivity (Wildman–Crippen MR) is 118 cm³/mol. The van der Waals surface area contributed by atoms with Gasteiger partial charge in [0.05, 0.1) is 11.4 Å². The van der Waals surface area contributed by atoms with E-state index in [9.17, 15) is 26.8 Å². The summed E-state index contributed by atoms with van der Waals surface area (Å²) in [6.45, 7) is -1.20. The van der Waals surface area contributed by atoms with Crippen molar-refractivity contribution in [1.29, 1.82) is 0 Å². The predicted octanol–water partition coefficient (Wildman–Crippen LogP) is 3.41. The number of nitrogens with zero attached hydrogens (tertiary/aromatic N) is 1. The highest BCUT2D eigenvalue weighted by Crippen LogP contribution is 2.26. The maximum atomic E-state index is 13.5. The van der Waals surface area contributed by atoms with E-state index in [0.29, 0.717) is 11.8 Å². The van der Waals surface area contributed by atoms with Gasteiger partial charge in [-0.15, -0.1) is 11.3 Å². The van der Waals surface area contributed by atoms with E-state index in [1.807, 2.05) is 0 Å². The van der Waals surface area contributed by atoms with Crippen LogP contribution in [0.1, 0.15) is 0 Å². The number of amides is 1.